The molecule has 20 heavy (non-hydrogen) atoms. The number of rotatable bonds is 0. The van der Waals surface area contributed by atoms with Crippen molar-refractivity contribution in [2.24, 2.45) is 15.4 Å². The monoisotopic (exact) mass is 279 g/mol. The molecule has 1 unspecified atom stereocenters. The quantitative estimate of drug-likeness (QED) is 0.593. The Kier molecular flexibility index (Phi) is 1.23. The second-order valence-corrected chi connectivity index (χ2v) is 5.88. The topological polar surface area (TPSA) is 68.9 Å². The fourth-order valence-electron chi connectivity index (χ4n) is 2.77. The van der Waals surface area contributed by atoms with Crippen molar-refractivity contribution in [2.75, 3.05) is 0 Å². The molecule has 0 saturated carbocycles. The van der Waals surface area contributed by atoms with Crippen molar-refractivity contribution in [3.05, 3.63) is 29.1 Å². The highest BCUT2D eigenvalue weighted by molar-refractivity contribution is 7.19. The van der Waals surface area contributed by atoms with E-state index in [9.17, 15) is 0 Å². The van der Waals surface area contributed by atoms with E-state index >= 15 is 0 Å². The SMILES string of the molecule is C1=NN2N3N=Nc4c(sc5nc6ccccc6nc45)C123. The molecule has 0 bridgehead atoms. The Morgan fingerprint density at radius 2 is 1.90 bits per heavy atom. The largest absolute Gasteiger partial charge is 0.266 e. The average molecular weight is 279 g/mol. The molecule has 1 aromatic carbocycles. The number of thiophene rings is 1. The lowest BCUT2D eigenvalue weighted by Crippen LogP contribution is -2.23. The van der Waals surface area contributed by atoms with Gasteiger partial charge in [0.2, 0.25) is 0 Å². The zero-order valence-electron chi connectivity index (χ0n) is 9.93. The fourth-order valence-corrected chi connectivity index (χ4v) is 3.94. The van der Waals surface area contributed by atoms with Gasteiger partial charge in [0.25, 0.3) is 5.66 Å². The van der Waals surface area contributed by atoms with Gasteiger partial charge >= 0.3 is 0 Å². The minimum Gasteiger partial charge on any atom is -0.241 e. The van der Waals surface area contributed by atoms with E-state index in [4.69, 9.17) is 4.98 Å². The summed E-state index contributed by atoms with van der Waals surface area (Å²) in [4.78, 5) is 11.4. The lowest BCUT2D eigenvalue weighted by atomic mass is 10.1. The number of fused-ring (bicyclic) bond motifs is 5. The minimum absolute atomic E-state index is 0.295. The Morgan fingerprint density at radius 1 is 1.05 bits per heavy atom. The predicted octanol–water partition coefficient (Wildman–Crippen LogP) is 2.54. The van der Waals surface area contributed by atoms with Gasteiger partial charge in [-0.1, -0.05) is 12.1 Å². The Labute approximate surface area is 115 Å². The van der Waals surface area contributed by atoms with Crippen LogP contribution in [0.25, 0.3) is 21.4 Å². The standard InChI is InChI=1S/C12H5N7S/c1-2-4-7-6(3-1)14-9-8-10(20-11(9)15-7)12-5-13-18(12)19(12)17-16-8/h1-5H. The normalized spacial score (nSPS) is 24.6. The molecule has 0 radical (unpaired) electrons. The third-order valence-corrected chi connectivity index (χ3v) is 5.01. The maximum Gasteiger partial charge on any atom is 0.266 e. The lowest BCUT2D eigenvalue weighted by Gasteiger charge is -2.10. The van der Waals surface area contributed by atoms with Crippen LogP contribution in [0.2, 0.25) is 0 Å². The maximum absolute atomic E-state index is 4.70. The van der Waals surface area contributed by atoms with Gasteiger partial charge in [0, 0.05) is 0 Å². The third kappa shape index (κ3) is 0.793. The molecule has 0 amide bonds. The van der Waals surface area contributed by atoms with Crippen molar-refractivity contribution in [3.63, 3.8) is 0 Å². The number of aromatic nitrogens is 2. The van der Waals surface area contributed by atoms with E-state index in [0.29, 0.717) is 0 Å². The summed E-state index contributed by atoms with van der Waals surface area (Å²) in [5.41, 5.74) is 3.14. The molecular formula is C12H5N7S. The highest BCUT2D eigenvalue weighted by Gasteiger charge is 2.72. The van der Waals surface area contributed by atoms with Crippen molar-refractivity contribution < 1.29 is 0 Å². The van der Waals surface area contributed by atoms with Crippen molar-refractivity contribution in [1.29, 1.82) is 0 Å². The summed E-state index contributed by atoms with van der Waals surface area (Å²) in [7, 11) is 0. The average Bonchev–Trinajstić information content (AvgIpc) is 2.76. The molecule has 0 N–H and O–H groups in total. The van der Waals surface area contributed by atoms with Crippen molar-refractivity contribution in [2.45, 2.75) is 5.66 Å². The maximum atomic E-state index is 4.70. The van der Waals surface area contributed by atoms with Crippen molar-refractivity contribution >= 4 is 44.6 Å². The van der Waals surface area contributed by atoms with Crippen LogP contribution in [0.4, 0.5) is 5.69 Å². The molecule has 94 valence electrons. The molecule has 3 aromatic rings. The number of benzene rings is 1. The van der Waals surface area contributed by atoms with Gasteiger partial charge in [0.1, 0.15) is 16.0 Å². The molecule has 3 aliphatic heterocycles. The Balaban J connectivity index is 1.77. The second kappa shape index (κ2) is 2.63. The third-order valence-electron chi connectivity index (χ3n) is 3.84. The van der Waals surface area contributed by atoms with Gasteiger partial charge in [-0.25, -0.2) is 9.97 Å². The van der Waals surface area contributed by atoms with Crippen molar-refractivity contribution in [1.82, 2.24) is 20.2 Å². The molecule has 6 rings (SSSR count). The summed E-state index contributed by atoms with van der Waals surface area (Å²) >= 11 is 1.62. The molecule has 1 saturated heterocycles. The number of para-hydroxylation sites is 2. The molecule has 2 aromatic heterocycles. The van der Waals surface area contributed by atoms with Crippen LogP contribution in [-0.2, 0) is 5.66 Å². The summed E-state index contributed by atoms with van der Waals surface area (Å²) in [6, 6.07) is 7.87. The molecule has 5 heterocycles. The number of hydrogen-bond donors (Lipinski definition) is 0. The number of hydrazone groups is 1. The Hall–Kier alpha value is -2.61. The smallest absolute Gasteiger partial charge is 0.241 e. The summed E-state index contributed by atoms with van der Waals surface area (Å²) in [5, 5.41) is 16.2. The lowest BCUT2D eigenvalue weighted by molar-refractivity contribution is 0.317. The number of hydrazine groups is 1. The van der Waals surface area contributed by atoms with Gasteiger partial charge in [0.05, 0.1) is 22.1 Å². The van der Waals surface area contributed by atoms with Crippen LogP contribution < -0.4 is 0 Å². The first-order valence-corrected chi connectivity index (χ1v) is 6.96. The Morgan fingerprint density at radius 3 is 2.70 bits per heavy atom. The van der Waals surface area contributed by atoms with Gasteiger partial charge in [-0.15, -0.1) is 26.7 Å². The molecule has 7 nitrogen and oxygen atoms in total. The van der Waals surface area contributed by atoms with Crippen LogP contribution in [0, 0.1) is 0 Å². The van der Waals surface area contributed by atoms with Crippen LogP contribution in [0.3, 0.4) is 0 Å². The van der Waals surface area contributed by atoms with Gasteiger partial charge in [-0.3, -0.25) is 0 Å². The molecule has 3 aliphatic rings. The summed E-state index contributed by atoms with van der Waals surface area (Å²) < 4.78 is 0. The van der Waals surface area contributed by atoms with E-state index in [-0.39, 0.29) is 5.66 Å². The van der Waals surface area contributed by atoms with E-state index in [1.165, 1.54) is 0 Å². The van der Waals surface area contributed by atoms with Crippen LogP contribution in [0.5, 0.6) is 0 Å². The highest BCUT2D eigenvalue weighted by Crippen LogP contribution is 2.61. The second-order valence-electron chi connectivity index (χ2n) is 4.88. The van der Waals surface area contributed by atoms with E-state index in [0.717, 1.165) is 31.9 Å². The van der Waals surface area contributed by atoms with Crippen LogP contribution in [0.15, 0.2) is 39.7 Å². The van der Waals surface area contributed by atoms with E-state index in [1.807, 2.05) is 35.6 Å². The Bertz CT molecular complexity index is 990. The summed E-state index contributed by atoms with van der Waals surface area (Å²) in [6.45, 7) is 0. The molecule has 1 atom stereocenters. The van der Waals surface area contributed by atoms with E-state index in [2.05, 4.69) is 20.4 Å². The van der Waals surface area contributed by atoms with E-state index in [1.54, 1.807) is 16.5 Å². The first kappa shape index (κ1) is 9.32. The van der Waals surface area contributed by atoms with Crippen LogP contribution >= 0.6 is 11.3 Å². The zero-order valence-corrected chi connectivity index (χ0v) is 10.7. The molecular weight excluding hydrogens is 274 g/mol. The highest BCUT2D eigenvalue weighted by atomic mass is 32.1. The van der Waals surface area contributed by atoms with Gasteiger partial charge in [0.15, 0.2) is 0 Å². The first-order chi connectivity index (χ1) is 9.88. The van der Waals surface area contributed by atoms with Crippen LogP contribution in [0.1, 0.15) is 4.88 Å². The number of nitrogens with zero attached hydrogens (tertiary/aromatic N) is 7. The summed E-state index contributed by atoms with van der Waals surface area (Å²) in [5.74, 6) is 0. The van der Waals surface area contributed by atoms with Gasteiger partial charge < -0.3 is 0 Å². The van der Waals surface area contributed by atoms with Crippen LogP contribution in [-0.4, -0.2) is 26.4 Å². The molecule has 1 spiro atoms. The molecule has 1 fully saturated rings. The fraction of sp³-hybridized carbons (Fsp3) is 0.0833. The first-order valence-electron chi connectivity index (χ1n) is 6.15. The molecule has 0 aliphatic carbocycles. The number of hydrogen-bond acceptors (Lipinski definition) is 8. The molecule has 8 heteroatoms. The van der Waals surface area contributed by atoms with Crippen molar-refractivity contribution in [3.8, 4) is 0 Å². The van der Waals surface area contributed by atoms with Gasteiger partial charge in [-0.2, -0.15) is 5.10 Å². The zero-order chi connectivity index (χ0) is 12.9. The minimum atomic E-state index is -0.295. The van der Waals surface area contributed by atoms with E-state index < -0.39 is 0 Å². The summed E-state index contributed by atoms with van der Waals surface area (Å²) in [6.07, 6.45) is 1.89. The predicted molar refractivity (Wildman–Crippen MR) is 73.3 cm³/mol. The van der Waals surface area contributed by atoms with Gasteiger partial charge in [-0.05, 0) is 17.4 Å².